The predicted molar refractivity (Wildman–Crippen MR) is 86.8 cm³/mol. The molecule has 1 amide bonds. The molecule has 21 heavy (non-hydrogen) atoms. The normalized spacial score (nSPS) is 9.67. The average molecular weight is 319 g/mol. The van der Waals surface area contributed by atoms with Crippen LogP contribution >= 0.6 is 23.2 Å². The van der Waals surface area contributed by atoms with E-state index in [0.717, 1.165) is 5.56 Å². The van der Waals surface area contributed by atoms with E-state index in [4.69, 9.17) is 28.9 Å². The van der Waals surface area contributed by atoms with Gasteiger partial charge in [-0.1, -0.05) is 35.0 Å². The second-order valence-corrected chi connectivity index (χ2v) is 5.01. The fourth-order valence-corrected chi connectivity index (χ4v) is 1.94. The number of halogens is 2. The van der Waals surface area contributed by atoms with Crippen LogP contribution in [-0.4, -0.2) is 12.5 Å². The van der Waals surface area contributed by atoms with E-state index in [1.165, 1.54) is 0 Å². The van der Waals surface area contributed by atoms with Crippen molar-refractivity contribution in [2.24, 2.45) is 5.73 Å². The summed E-state index contributed by atoms with van der Waals surface area (Å²) >= 11 is 11.9. The molecule has 0 saturated heterocycles. The largest absolute Gasteiger partial charge is 0.321 e. The van der Waals surface area contributed by atoms with Gasteiger partial charge in [0.2, 0.25) is 0 Å². The fraction of sp³-hybridized carbons (Fsp3) is 0.0625. The molecule has 0 aromatic heterocycles. The molecule has 5 heteroatoms. The number of carbonyl (C=O) groups is 1. The summed E-state index contributed by atoms with van der Waals surface area (Å²) in [6, 6.07) is 11.7. The zero-order chi connectivity index (χ0) is 15.2. The number of hydrogen-bond acceptors (Lipinski definition) is 2. The Morgan fingerprint density at radius 2 is 1.86 bits per heavy atom. The monoisotopic (exact) mass is 318 g/mol. The molecule has 106 valence electrons. The smallest absolute Gasteiger partial charge is 0.255 e. The van der Waals surface area contributed by atoms with Crippen LogP contribution in [0.4, 0.5) is 5.69 Å². The summed E-state index contributed by atoms with van der Waals surface area (Å²) in [5.74, 6) is 5.37. The maximum absolute atomic E-state index is 12.1. The summed E-state index contributed by atoms with van der Waals surface area (Å²) in [7, 11) is 0. The maximum Gasteiger partial charge on any atom is 0.255 e. The zero-order valence-corrected chi connectivity index (χ0v) is 12.5. The first-order valence-electron chi connectivity index (χ1n) is 6.15. The quantitative estimate of drug-likeness (QED) is 0.832. The van der Waals surface area contributed by atoms with Gasteiger partial charge >= 0.3 is 0 Å². The average Bonchev–Trinajstić information content (AvgIpc) is 2.48. The third kappa shape index (κ3) is 4.24. The van der Waals surface area contributed by atoms with E-state index in [0.29, 0.717) is 21.3 Å². The minimum Gasteiger partial charge on any atom is -0.321 e. The number of carbonyl (C=O) groups excluding carboxylic acids is 1. The van der Waals surface area contributed by atoms with Gasteiger partial charge in [-0.3, -0.25) is 4.79 Å². The molecule has 0 aliphatic carbocycles. The van der Waals surface area contributed by atoms with E-state index < -0.39 is 0 Å². The van der Waals surface area contributed by atoms with Gasteiger partial charge in [-0.2, -0.15) is 0 Å². The highest BCUT2D eigenvalue weighted by molar-refractivity contribution is 6.34. The zero-order valence-electron chi connectivity index (χ0n) is 11.0. The van der Waals surface area contributed by atoms with Crippen molar-refractivity contribution in [1.29, 1.82) is 0 Å². The maximum atomic E-state index is 12.1. The third-order valence-electron chi connectivity index (χ3n) is 2.66. The number of amides is 1. The molecule has 0 unspecified atom stereocenters. The molecule has 0 radical (unpaired) electrons. The van der Waals surface area contributed by atoms with Gasteiger partial charge in [0.15, 0.2) is 0 Å². The standard InChI is InChI=1S/C16H12Cl2N2O/c17-13-6-4-12(5-7-13)16(21)20-15-10-11(2-1-9-19)3-8-14(15)18/h3-8,10H,9,19H2,(H,20,21). The molecular weight excluding hydrogens is 307 g/mol. The van der Waals surface area contributed by atoms with Gasteiger partial charge < -0.3 is 11.1 Å². The molecule has 0 heterocycles. The molecule has 0 aliphatic rings. The van der Waals surface area contributed by atoms with Crippen molar-refractivity contribution in [2.45, 2.75) is 0 Å². The molecule has 3 nitrogen and oxygen atoms in total. The van der Waals surface area contributed by atoms with Gasteiger partial charge in [0, 0.05) is 16.1 Å². The molecule has 0 fully saturated rings. The van der Waals surface area contributed by atoms with Crippen LogP contribution in [0.15, 0.2) is 42.5 Å². The number of benzene rings is 2. The molecular formula is C16H12Cl2N2O. The molecule has 0 spiro atoms. The second-order valence-electron chi connectivity index (χ2n) is 4.16. The van der Waals surface area contributed by atoms with Crippen molar-refractivity contribution in [1.82, 2.24) is 0 Å². The van der Waals surface area contributed by atoms with Gasteiger partial charge in [0.1, 0.15) is 0 Å². The fourth-order valence-electron chi connectivity index (χ4n) is 1.65. The highest BCUT2D eigenvalue weighted by Gasteiger charge is 2.08. The van der Waals surface area contributed by atoms with Crippen LogP contribution in [0.3, 0.4) is 0 Å². The van der Waals surface area contributed by atoms with E-state index >= 15 is 0 Å². The lowest BCUT2D eigenvalue weighted by atomic mass is 10.1. The van der Waals surface area contributed by atoms with Gasteiger partial charge in [-0.25, -0.2) is 0 Å². The lowest BCUT2D eigenvalue weighted by molar-refractivity contribution is 0.102. The van der Waals surface area contributed by atoms with Crippen LogP contribution in [0, 0.1) is 11.8 Å². The Morgan fingerprint density at radius 3 is 2.52 bits per heavy atom. The van der Waals surface area contributed by atoms with Crippen LogP contribution in [0.25, 0.3) is 0 Å². The van der Waals surface area contributed by atoms with Gasteiger partial charge in [0.25, 0.3) is 5.91 Å². The summed E-state index contributed by atoms with van der Waals surface area (Å²) < 4.78 is 0. The van der Waals surface area contributed by atoms with Crippen LogP contribution in [0.1, 0.15) is 15.9 Å². The van der Waals surface area contributed by atoms with Gasteiger partial charge in [0.05, 0.1) is 17.3 Å². The Labute approximate surface area is 133 Å². The summed E-state index contributed by atoms with van der Waals surface area (Å²) in [6.07, 6.45) is 0. The second kappa shape index (κ2) is 7.14. The summed E-state index contributed by atoms with van der Waals surface area (Å²) in [5.41, 5.74) is 7.06. The Bertz CT molecular complexity index is 715. The van der Waals surface area contributed by atoms with E-state index in [-0.39, 0.29) is 12.5 Å². The highest BCUT2D eigenvalue weighted by atomic mass is 35.5. The third-order valence-corrected chi connectivity index (χ3v) is 3.24. The molecule has 0 bridgehead atoms. The summed E-state index contributed by atoms with van der Waals surface area (Å²) in [4.78, 5) is 12.1. The number of rotatable bonds is 2. The number of nitrogens with two attached hydrogens (primary N) is 1. The van der Waals surface area contributed by atoms with Crippen LogP contribution in [-0.2, 0) is 0 Å². The van der Waals surface area contributed by atoms with Crippen molar-refractivity contribution >= 4 is 34.8 Å². The van der Waals surface area contributed by atoms with Crippen molar-refractivity contribution in [3.8, 4) is 11.8 Å². The van der Waals surface area contributed by atoms with Crippen LogP contribution in [0.2, 0.25) is 10.0 Å². The number of anilines is 1. The minimum absolute atomic E-state index is 0.266. The van der Waals surface area contributed by atoms with Crippen molar-refractivity contribution in [3.63, 3.8) is 0 Å². The Morgan fingerprint density at radius 1 is 1.14 bits per heavy atom. The lowest BCUT2D eigenvalue weighted by Gasteiger charge is -2.08. The topological polar surface area (TPSA) is 55.1 Å². The molecule has 2 aromatic rings. The van der Waals surface area contributed by atoms with Crippen LogP contribution in [0.5, 0.6) is 0 Å². The molecule has 0 aliphatic heterocycles. The first kappa shape index (κ1) is 15.4. The molecule has 0 saturated carbocycles. The minimum atomic E-state index is -0.266. The number of nitrogens with one attached hydrogen (secondary N) is 1. The first-order valence-corrected chi connectivity index (χ1v) is 6.91. The first-order chi connectivity index (χ1) is 10.1. The van der Waals surface area contributed by atoms with Crippen molar-refractivity contribution in [2.75, 3.05) is 11.9 Å². The van der Waals surface area contributed by atoms with E-state index in [1.807, 2.05) is 0 Å². The molecule has 3 N–H and O–H groups in total. The van der Waals surface area contributed by atoms with Gasteiger partial charge in [-0.15, -0.1) is 0 Å². The highest BCUT2D eigenvalue weighted by Crippen LogP contribution is 2.23. The molecule has 2 rings (SSSR count). The van der Waals surface area contributed by atoms with Crippen LogP contribution < -0.4 is 11.1 Å². The lowest BCUT2D eigenvalue weighted by Crippen LogP contribution is -2.12. The van der Waals surface area contributed by atoms with Crippen molar-refractivity contribution in [3.05, 3.63) is 63.6 Å². The van der Waals surface area contributed by atoms with E-state index in [9.17, 15) is 4.79 Å². The van der Waals surface area contributed by atoms with Gasteiger partial charge in [-0.05, 0) is 42.5 Å². The molecule has 2 aromatic carbocycles. The Hall–Kier alpha value is -1.99. The van der Waals surface area contributed by atoms with Crippen molar-refractivity contribution < 1.29 is 4.79 Å². The summed E-state index contributed by atoms with van der Waals surface area (Å²) in [6.45, 7) is 0.273. The summed E-state index contributed by atoms with van der Waals surface area (Å²) in [5, 5.41) is 3.76. The van der Waals surface area contributed by atoms with E-state index in [2.05, 4.69) is 17.2 Å². The predicted octanol–water partition coefficient (Wildman–Crippen LogP) is 3.56. The van der Waals surface area contributed by atoms with E-state index in [1.54, 1.807) is 42.5 Å². The molecule has 0 atom stereocenters. The Kier molecular flexibility index (Phi) is 5.24. The Balaban J connectivity index is 2.22. The SMILES string of the molecule is NCC#Cc1ccc(Cl)c(NC(=O)c2ccc(Cl)cc2)c1. The number of hydrogen-bond donors (Lipinski definition) is 2.